The van der Waals surface area contributed by atoms with Crippen LogP contribution in [0.15, 0.2) is 24.3 Å². The molecule has 2 rings (SSSR count). The summed E-state index contributed by atoms with van der Waals surface area (Å²) in [5.74, 6) is 1.70. The minimum absolute atomic E-state index is 0.746. The largest absolute Gasteiger partial charge is 0.314 e. The maximum Gasteiger partial charge on any atom is 0.00984 e. The molecule has 1 N–H and O–H groups in total. The molecule has 0 heterocycles. The molecule has 0 amide bonds. The summed E-state index contributed by atoms with van der Waals surface area (Å²) in [5, 5.41) is 3.75. The van der Waals surface area contributed by atoms with Gasteiger partial charge in [0.1, 0.15) is 0 Å². The van der Waals surface area contributed by atoms with E-state index in [9.17, 15) is 0 Å². The molecule has 1 aromatic rings. The molecule has 1 nitrogen and oxygen atoms in total. The number of benzene rings is 1. The Morgan fingerprint density at radius 3 is 2.60 bits per heavy atom. The Bertz CT molecular complexity index is 393. The van der Waals surface area contributed by atoms with Gasteiger partial charge >= 0.3 is 0 Å². The van der Waals surface area contributed by atoms with Crippen LogP contribution < -0.4 is 5.32 Å². The van der Waals surface area contributed by atoms with E-state index in [-0.39, 0.29) is 0 Å². The molecule has 1 heteroatoms. The zero-order valence-corrected chi connectivity index (χ0v) is 13.5. The lowest BCUT2D eigenvalue weighted by Crippen LogP contribution is -2.32. The first-order valence-electron chi connectivity index (χ1n) is 8.50. The van der Waals surface area contributed by atoms with Crippen molar-refractivity contribution in [2.45, 2.75) is 65.3 Å². The van der Waals surface area contributed by atoms with Crippen molar-refractivity contribution in [3.63, 3.8) is 0 Å². The van der Waals surface area contributed by atoms with Crippen LogP contribution in [0.5, 0.6) is 0 Å². The molecule has 1 aromatic carbocycles. The molecule has 1 aliphatic carbocycles. The second-order valence-electron chi connectivity index (χ2n) is 6.85. The Balaban J connectivity index is 1.85. The predicted molar refractivity (Wildman–Crippen MR) is 88.1 cm³/mol. The lowest BCUT2D eigenvalue weighted by Gasteiger charge is -2.18. The van der Waals surface area contributed by atoms with Gasteiger partial charge in [0.05, 0.1) is 0 Å². The third-order valence-electron chi connectivity index (χ3n) is 4.23. The molecule has 0 bridgehead atoms. The summed E-state index contributed by atoms with van der Waals surface area (Å²) >= 11 is 0. The minimum atomic E-state index is 0.746. The second-order valence-corrected chi connectivity index (χ2v) is 6.85. The van der Waals surface area contributed by atoms with Crippen LogP contribution in [0.25, 0.3) is 0 Å². The summed E-state index contributed by atoms with van der Waals surface area (Å²) in [6, 6.07) is 9.98. The summed E-state index contributed by atoms with van der Waals surface area (Å²) in [5.41, 5.74) is 3.02. The molecular weight excluding hydrogens is 242 g/mol. The van der Waals surface area contributed by atoms with Crippen LogP contribution in [0.3, 0.4) is 0 Å². The number of aryl methyl sites for hydroxylation is 1. The SMILES string of the molecule is CCCNC(CCc1cccc(CC(C)C)c1)C1CC1. The summed E-state index contributed by atoms with van der Waals surface area (Å²) in [4.78, 5) is 0. The zero-order chi connectivity index (χ0) is 14.4. The quantitative estimate of drug-likeness (QED) is 0.693. The first kappa shape index (κ1) is 15.6. The average molecular weight is 273 g/mol. The first-order chi connectivity index (χ1) is 9.69. The van der Waals surface area contributed by atoms with Gasteiger partial charge in [0, 0.05) is 6.04 Å². The minimum Gasteiger partial charge on any atom is -0.314 e. The van der Waals surface area contributed by atoms with Crippen molar-refractivity contribution in [1.82, 2.24) is 5.32 Å². The van der Waals surface area contributed by atoms with E-state index in [1.54, 1.807) is 0 Å². The molecule has 0 aromatic heterocycles. The lowest BCUT2D eigenvalue weighted by atomic mass is 9.97. The van der Waals surface area contributed by atoms with E-state index in [4.69, 9.17) is 0 Å². The van der Waals surface area contributed by atoms with Gasteiger partial charge in [-0.3, -0.25) is 0 Å². The van der Waals surface area contributed by atoms with Crippen LogP contribution in [0.2, 0.25) is 0 Å². The lowest BCUT2D eigenvalue weighted by molar-refractivity contribution is 0.435. The van der Waals surface area contributed by atoms with Crippen molar-refractivity contribution in [3.8, 4) is 0 Å². The van der Waals surface area contributed by atoms with Gasteiger partial charge in [0.15, 0.2) is 0 Å². The highest BCUT2D eigenvalue weighted by atomic mass is 14.9. The normalized spacial score (nSPS) is 16.6. The Labute approximate surface area is 125 Å². The summed E-state index contributed by atoms with van der Waals surface area (Å²) in [7, 11) is 0. The van der Waals surface area contributed by atoms with Gasteiger partial charge in [-0.15, -0.1) is 0 Å². The van der Waals surface area contributed by atoms with Crippen molar-refractivity contribution in [3.05, 3.63) is 35.4 Å². The van der Waals surface area contributed by atoms with Gasteiger partial charge in [-0.05, 0) is 68.0 Å². The fraction of sp³-hybridized carbons (Fsp3) is 0.684. The molecule has 0 spiro atoms. The van der Waals surface area contributed by atoms with Gasteiger partial charge in [-0.2, -0.15) is 0 Å². The molecule has 0 radical (unpaired) electrons. The van der Waals surface area contributed by atoms with Crippen molar-refractivity contribution in [2.24, 2.45) is 11.8 Å². The van der Waals surface area contributed by atoms with Crippen LogP contribution in [-0.4, -0.2) is 12.6 Å². The third-order valence-corrected chi connectivity index (χ3v) is 4.23. The van der Waals surface area contributed by atoms with Crippen LogP contribution in [0, 0.1) is 11.8 Å². The Morgan fingerprint density at radius 1 is 1.20 bits per heavy atom. The highest BCUT2D eigenvalue weighted by molar-refractivity contribution is 5.24. The summed E-state index contributed by atoms with van der Waals surface area (Å²) < 4.78 is 0. The van der Waals surface area contributed by atoms with Gasteiger partial charge in [-0.1, -0.05) is 45.0 Å². The number of rotatable bonds is 9. The molecule has 112 valence electrons. The van der Waals surface area contributed by atoms with Crippen molar-refractivity contribution in [1.29, 1.82) is 0 Å². The Morgan fingerprint density at radius 2 is 1.95 bits per heavy atom. The molecule has 1 saturated carbocycles. The highest BCUT2D eigenvalue weighted by Crippen LogP contribution is 2.34. The monoisotopic (exact) mass is 273 g/mol. The van der Waals surface area contributed by atoms with Crippen LogP contribution in [0.4, 0.5) is 0 Å². The van der Waals surface area contributed by atoms with Gasteiger partial charge in [0.25, 0.3) is 0 Å². The Hall–Kier alpha value is -0.820. The van der Waals surface area contributed by atoms with Crippen molar-refractivity contribution in [2.75, 3.05) is 6.54 Å². The maximum absolute atomic E-state index is 3.75. The molecule has 0 saturated heterocycles. The van der Waals surface area contributed by atoms with Gasteiger partial charge in [0.2, 0.25) is 0 Å². The molecule has 1 unspecified atom stereocenters. The fourth-order valence-corrected chi connectivity index (χ4v) is 3.04. The first-order valence-corrected chi connectivity index (χ1v) is 8.50. The molecule has 1 aliphatic rings. The standard InChI is InChI=1S/C19H31N/c1-4-12-20-19(18-9-10-18)11-8-16-6-5-7-17(14-16)13-15(2)3/h5-7,14-15,18-20H,4,8-13H2,1-3H3. The van der Waals surface area contributed by atoms with E-state index in [0.29, 0.717) is 0 Å². The zero-order valence-electron chi connectivity index (χ0n) is 13.5. The average Bonchev–Trinajstić information content (AvgIpc) is 3.23. The smallest absolute Gasteiger partial charge is 0.00984 e. The van der Waals surface area contributed by atoms with Crippen LogP contribution in [-0.2, 0) is 12.8 Å². The number of hydrogen-bond donors (Lipinski definition) is 1. The third kappa shape index (κ3) is 5.28. The van der Waals surface area contributed by atoms with Crippen LogP contribution >= 0.6 is 0 Å². The maximum atomic E-state index is 3.75. The number of hydrogen-bond acceptors (Lipinski definition) is 1. The summed E-state index contributed by atoms with van der Waals surface area (Å²) in [6.45, 7) is 8.02. The van der Waals surface area contributed by atoms with Crippen molar-refractivity contribution < 1.29 is 0 Å². The second kappa shape index (κ2) is 7.83. The van der Waals surface area contributed by atoms with E-state index >= 15 is 0 Å². The molecule has 1 fully saturated rings. The van der Waals surface area contributed by atoms with E-state index in [1.807, 2.05) is 0 Å². The highest BCUT2D eigenvalue weighted by Gasteiger charge is 2.30. The molecule has 20 heavy (non-hydrogen) atoms. The molecular formula is C19H31N. The van der Waals surface area contributed by atoms with E-state index in [0.717, 1.165) is 17.9 Å². The van der Waals surface area contributed by atoms with E-state index in [2.05, 4.69) is 50.4 Å². The molecule has 1 atom stereocenters. The van der Waals surface area contributed by atoms with E-state index in [1.165, 1.54) is 56.2 Å². The Kier molecular flexibility index (Phi) is 6.09. The number of nitrogens with one attached hydrogen (secondary N) is 1. The summed E-state index contributed by atoms with van der Waals surface area (Å²) in [6.07, 6.45) is 7.85. The van der Waals surface area contributed by atoms with Crippen molar-refractivity contribution >= 4 is 0 Å². The van der Waals surface area contributed by atoms with Gasteiger partial charge < -0.3 is 5.32 Å². The fourth-order valence-electron chi connectivity index (χ4n) is 3.04. The van der Waals surface area contributed by atoms with E-state index < -0.39 is 0 Å². The predicted octanol–water partition coefficient (Wildman–Crippen LogP) is 4.60. The molecule has 0 aliphatic heterocycles. The topological polar surface area (TPSA) is 12.0 Å². The van der Waals surface area contributed by atoms with Crippen LogP contribution in [0.1, 0.15) is 57.6 Å². The van der Waals surface area contributed by atoms with Gasteiger partial charge in [-0.25, -0.2) is 0 Å².